The molecule has 2 heterocycles. The summed E-state index contributed by atoms with van der Waals surface area (Å²) in [4.78, 5) is 40.3. The van der Waals surface area contributed by atoms with Gasteiger partial charge in [-0.25, -0.2) is 19.1 Å². The number of carbonyl (C=O) groups is 3. The third-order valence-electron chi connectivity index (χ3n) is 4.21. The fourth-order valence-corrected chi connectivity index (χ4v) is 2.64. The first-order valence-electron chi connectivity index (χ1n) is 8.51. The molecular formula is C19H19N5O4. The maximum absolute atomic E-state index is 12.3. The number of rotatable bonds is 4. The summed E-state index contributed by atoms with van der Waals surface area (Å²) in [5.41, 5.74) is 3.43. The van der Waals surface area contributed by atoms with Crippen molar-refractivity contribution in [3.63, 3.8) is 0 Å². The van der Waals surface area contributed by atoms with Gasteiger partial charge in [0.05, 0.1) is 5.69 Å². The third-order valence-corrected chi connectivity index (χ3v) is 4.21. The summed E-state index contributed by atoms with van der Waals surface area (Å²) in [6.45, 7) is 4.81. The van der Waals surface area contributed by atoms with Gasteiger partial charge in [0.1, 0.15) is 5.56 Å². The minimum atomic E-state index is -0.752. The van der Waals surface area contributed by atoms with Gasteiger partial charge in [-0.15, -0.1) is 0 Å². The Hall–Kier alpha value is -3.75. The smallest absolute Gasteiger partial charge is 0.344 e. The topological polar surface area (TPSA) is 115 Å². The van der Waals surface area contributed by atoms with Crippen molar-refractivity contribution in [1.29, 1.82) is 0 Å². The molecule has 0 radical (unpaired) electrons. The standard InChI is InChI=1S/C19H19N5O4/c1-11-6-4-7-14(12(11)2)21-19(27)22-15(25)10-28-18(26)16-13(3)23-24-9-5-8-20-17(16)24/h4-9H,10H2,1-3H3,(H2,21,22,25,27). The van der Waals surface area contributed by atoms with Crippen molar-refractivity contribution in [2.75, 3.05) is 11.9 Å². The van der Waals surface area contributed by atoms with Crippen LogP contribution in [0.2, 0.25) is 0 Å². The summed E-state index contributed by atoms with van der Waals surface area (Å²) in [6, 6.07) is 6.42. The Labute approximate surface area is 160 Å². The summed E-state index contributed by atoms with van der Waals surface area (Å²) in [7, 11) is 0. The quantitative estimate of drug-likeness (QED) is 0.669. The van der Waals surface area contributed by atoms with Crippen molar-refractivity contribution in [2.45, 2.75) is 20.8 Å². The molecule has 0 bridgehead atoms. The van der Waals surface area contributed by atoms with Gasteiger partial charge >= 0.3 is 12.0 Å². The zero-order chi connectivity index (χ0) is 20.3. The van der Waals surface area contributed by atoms with Crippen LogP contribution in [0.3, 0.4) is 0 Å². The van der Waals surface area contributed by atoms with Gasteiger partial charge in [-0.05, 0) is 44.0 Å². The second-order valence-electron chi connectivity index (χ2n) is 6.17. The van der Waals surface area contributed by atoms with Crippen molar-refractivity contribution in [2.24, 2.45) is 0 Å². The maximum atomic E-state index is 12.3. The second kappa shape index (κ2) is 7.87. The number of amides is 3. The van der Waals surface area contributed by atoms with Crippen LogP contribution in [0, 0.1) is 20.8 Å². The summed E-state index contributed by atoms with van der Waals surface area (Å²) in [5.74, 6) is -1.49. The van der Waals surface area contributed by atoms with Crippen LogP contribution in [-0.4, -0.2) is 39.1 Å². The summed E-state index contributed by atoms with van der Waals surface area (Å²) in [5, 5.41) is 8.88. The Morgan fingerprint density at radius 1 is 1.14 bits per heavy atom. The van der Waals surface area contributed by atoms with Crippen molar-refractivity contribution < 1.29 is 19.1 Å². The van der Waals surface area contributed by atoms with Crippen LogP contribution in [0.1, 0.15) is 27.2 Å². The molecule has 0 saturated carbocycles. The van der Waals surface area contributed by atoms with Gasteiger partial charge in [-0.3, -0.25) is 10.1 Å². The van der Waals surface area contributed by atoms with Crippen LogP contribution in [-0.2, 0) is 9.53 Å². The van der Waals surface area contributed by atoms with E-state index < -0.39 is 24.5 Å². The Kier molecular flexibility index (Phi) is 5.35. The third kappa shape index (κ3) is 3.98. The van der Waals surface area contributed by atoms with E-state index in [0.717, 1.165) is 11.1 Å². The molecule has 0 atom stereocenters. The largest absolute Gasteiger partial charge is 0.452 e. The number of anilines is 1. The Morgan fingerprint density at radius 3 is 2.71 bits per heavy atom. The van der Waals surface area contributed by atoms with Gasteiger partial charge in [-0.1, -0.05) is 12.1 Å². The number of aryl methyl sites for hydroxylation is 2. The zero-order valence-electron chi connectivity index (χ0n) is 15.6. The van der Waals surface area contributed by atoms with Crippen LogP contribution < -0.4 is 10.6 Å². The number of hydrogen-bond acceptors (Lipinski definition) is 6. The number of nitrogens with one attached hydrogen (secondary N) is 2. The highest BCUT2D eigenvalue weighted by Crippen LogP contribution is 2.17. The lowest BCUT2D eigenvalue weighted by Gasteiger charge is -2.11. The first-order valence-corrected chi connectivity index (χ1v) is 8.51. The Balaban J connectivity index is 1.58. The van der Waals surface area contributed by atoms with E-state index in [2.05, 4.69) is 20.7 Å². The first-order chi connectivity index (χ1) is 13.4. The minimum Gasteiger partial charge on any atom is -0.452 e. The lowest BCUT2D eigenvalue weighted by atomic mass is 10.1. The predicted molar refractivity (Wildman–Crippen MR) is 101 cm³/mol. The highest BCUT2D eigenvalue weighted by molar-refractivity contribution is 6.03. The van der Waals surface area contributed by atoms with Crippen LogP contribution in [0.25, 0.3) is 5.65 Å². The summed E-state index contributed by atoms with van der Waals surface area (Å²) >= 11 is 0. The molecule has 0 fully saturated rings. The molecule has 9 heteroatoms. The molecule has 144 valence electrons. The molecule has 3 aromatic rings. The van der Waals surface area contributed by atoms with Crippen molar-refractivity contribution in [3.8, 4) is 0 Å². The van der Waals surface area contributed by atoms with Crippen molar-refractivity contribution in [1.82, 2.24) is 19.9 Å². The molecule has 0 aliphatic heterocycles. The fraction of sp³-hybridized carbons (Fsp3) is 0.211. The first kappa shape index (κ1) is 19.0. The molecule has 2 aromatic heterocycles. The Morgan fingerprint density at radius 2 is 1.93 bits per heavy atom. The van der Waals surface area contributed by atoms with Crippen LogP contribution >= 0.6 is 0 Å². The van der Waals surface area contributed by atoms with Crippen LogP contribution in [0.5, 0.6) is 0 Å². The van der Waals surface area contributed by atoms with E-state index in [-0.39, 0.29) is 5.56 Å². The van der Waals surface area contributed by atoms with Crippen molar-refractivity contribution in [3.05, 3.63) is 59.0 Å². The number of aromatic nitrogens is 3. The molecule has 2 N–H and O–H groups in total. The molecular weight excluding hydrogens is 362 g/mol. The van der Waals surface area contributed by atoms with Gasteiger partial charge < -0.3 is 10.1 Å². The van der Waals surface area contributed by atoms with Gasteiger partial charge in [0.25, 0.3) is 5.91 Å². The molecule has 28 heavy (non-hydrogen) atoms. The fourth-order valence-electron chi connectivity index (χ4n) is 2.64. The average molecular weight is 381 g/mol. The summed E-state index contributed by atoms with van der Waals surface area (Å²) in [6.07, 6.45) is 3.17. The molecule has 3 rings (SSSR count). The van der Waals surface area contributed by atoms with Gasteiger partial charge in [0, 0.05) is 18.1 Å². The molecule has 0 unspecified atom stereocenters. The Bertz CT molecular complexity index is 1070. The summed E-state index contributed by atoms with van der Waals surface area (Å²) < 4.78 is 6.45. The normalized spacial score (nSPS) is 10.5. The van der Waals surface area contributed by atoms with E-state index in [0.29, 0.717) is 17.0 Å². The monoisotopic (exact) mass is 381 g/mol. The maximum Gasteiger partial charge on any atom is 0.344 e. The van der Waals surface area contributed by atoms with E-state index in [1.165, 1.54) is 10.7 Å². The number of carbonyl (C=O) groups excluding carboxylic acids is 3. The number of nitrogens with zero attached hydrogens (tertiary/aromatic N) is 3. The molecule has 1 aromatic carbocycles. The SMILES string of the molecule is Cc1cccc(NC(=O)NC(=O)COC(=O)c2c(C)nn3cccnc23)c1C. The molecule has 0 spiro atoms. The molecule has 0 saturated heterocycles. The predicted octanol–water partition coefficient (Wildman–Crippen LogP) is 2.16. The minimum absolute atomic E-state index is 0.174. The van der Waals surface area contributed by atoms with E-state index >= 15 is 0 Å². The number of imide groups is 1. The van der Waals surface area contributed by atoms with Gasteiger partial charge in [0.15, 0.2) is 12.3 Å². The van der Waals surface area contributed by atoms with E-state index in [9.17, 15) is 14.4 Å². The van der Waals surface area contributed by atoms with E-state index in [4.69, 9.17) is 4.74 Å². The highest BCUT2D eigenvalue weighted by Gasteiger charge is 2.21. The number of hydrogen-bond donors (Lipinski definition) is 2. The molecule has 3 amide bonds. The number of benzene rings is 1. The number of fused-ring (bicyclic) bond motifs is 1. The average Bonchev–Trinajstić information content (AvgIpc) is 2.99. The number of urea groups is 1. The number of ether oxygens (including phenoxy) is 1. The van der Waals surface area contributed by atoms with Crippen molar-refractivity contribution >= 4 is 29.2 Å². The van der Waals surface area contributed by atoms with Gasteiger partial charge in [-0.2, -0.15) is 5.10 Å². The zero-order valence-corrected chi connectivity index (χ0v) is 15.6. The molecule has 0 aliphatic rings. The van der Waals surface area contributed by atoms with Crippen LogP contribution in [0.15, 0.2) is 36.7 Å². The molecule has 9 nitrogen and oxygen atoms in total. The van der Waals surface area contributed by atoms with Gasteiger partial charge in [0.2, 0.25) is 0 Å². The second-order valence-corrected chi connectivity index (χ2v) is 6.17. The lowest BCUT2D eigenvalue weighted by Crippen LogP contribution is -2.37. The van der Waals surface area contributed by atoms with Crippen LogP contribution in [0.4, 0.5) is 10.5 Å². The number of esters is 1. The van der Waals surface area contributed by atoms with E-state index in [1.54, 1.807) is 31.3 Å². The van der Waals surface area contributed by atoms with E-state index in [1.807, 2.05) is 19.9 Å². The lowest BCUT2D eigenvalue weighted by molar-refractivity contribution is -0.123. The highest BCUT2D eigenvalue weighted by atomic mass is 16.5. The molecule has 0 aliphatic carbocycles.